The van der Waals surface area contributed by atoms with E-state index in [0.29, 0.717) is 12.0 Å². The van der Waals surface area contributed by atoms with Crippen LogP contribution in [0.2, 0.25) is 0 Å². The maximum Gasteiger partial charge on any atom is 0.261 e. The summed E-state index contributed by atoms with van der Waals surface area (Å²) in [6.45, 7) is 2.37. The molecule has 2 nitrogen and oxygen atoms in total. The maximum absolute atomic E-state index is 13.7. The minimum atomic E-state index is -2.46. The summed E-state index contributed by atoms with van der Waals surface area (Å²) >= 11 is 0. The van der Waals surface area contributed by atoms with Crippen molar-refractivity contribution in [2.75, 3.05) is 19.8 Å². The van der Waals surface area contributed by atoms with E-state index >= 15 is 0 Å². The molecule has 0 aliphatic carbocycles. The zero-order chi connectivity index (χ0) is 14.1. The fraction of sp³-hybridized carbons (Fsp3) is 0.571. The molecule has 0 aliphatic heterocycles. The monoisotopic (exact) mass is 275 g/mol. The van der Waals surface area contributed by atoms with E-state index in [2.05, 4.69) is 5.32 Å². The van der Waals surface area contributed by atoms with Crippen molar-refractivity contribution < 1.29 is 17.9 Å². The van der Waals surface area contributed by atoms with E-state index in [1.54, 1.807) is 18.2 Å². The van der Waals surface area contributed by atoms with Gasteiger partial charge in [0.05, 0.1) is 0 Å². The van der Waals surface area contributed by atoms with Crippen LogP contribution in [0.4, 0.5) is 13.2 Å². The predicted molar refractivity (Wildman–Crippen MR) is 68.9 cm³/mol. The number of hydrogen-bond acceptors (Lipinski definition) is 2. The summed E-state index contributed by atoms with van der Waals surface area (Å²) in [6.07, 6.45) is -1.08. The van der Waals surface area contributed by atoms with E-state index in [0.717, 1.165) is 13.0 Å². The van der Waals surface area contributed by atoms with Gasteiger partial charge in [0.25, 0.3) is 6.43 Å². The zero-order valence-corrected chi connectivity index (χ0v) is 11.0. The number of benzene rings is 1. The summed E-state index contributed by atoms with van der Waals surface area (Å²) in [6, 6.07) is 6.28. The quantitative estimate of drug-likeness (QED) is 0.696. The number of halogens is 3. The Labute approximate surface area is 112 Å². The lowest BCUT2D eigenvalue weighted by atomic mass is 10.0. The molecule has 0 bridgehead atoms. The van der Waals surface area contributed by atoms with E-state index < -0.39 is 13.0 Å². The number of rotatable bonds is 9. The van der Waals surface area contributed by atoms with Gasteiger partial charge >= 0.3 is 0 Å². The van der Waals surface area contributed by atoms with E-state index in [1.807, 2.05) is 6.92 Å². The smallest absolute Gasteiger partial charge is 0.261 e. The van der Waals surface area contributed by atoms with Gasteiger partial charge < -0.3 is 10.1 Å². The minimum absolute atomic E-state index is 0.181. The molecule has 0 fully saturated rings. The molecule has 0 aliphatic rings. The molecular formula is C14H20F3NO. The van der Waals surface area contributed by atoms with E-state index in [-0.39, 0.29) is 18.5 Å². The molecule has 5 heteroatoms. The first-order chi connectivity index (χ1) is 9.15. The van der Waals surface area contributed by atoms with Crippen LogP contribution >= 0.6 is 0 Å². The van der Waals surface area contributed by atoms with Gasteiger partial charge in [-0.1, -0.05) is 25.1 Å². The highest BCUT2D eigenvalue weighted by molar-refractivity contribution is 5.21. The Kier molecular flexibility index (Phi) is 7.52. The summed E-state index contributed by atoms with van der Waals surface area (Å²) < 4.78 is 42.5. The summed E-state index contributed by atoms with van der Waals surface area (Å²) in [5.74, 6) is -0.287. The standard InChI is InChI=1S/C14H20F3NO/c1-2-8-18-13(7-9-19-10-14(16)17)11-5-3-4-6-12(11)15/h3-6,13-14,18H,2,7-10H2,1H3. The van der Waals surface area contributed by atoms with E-state index in [1.165, 1.54) is 6.07 Å². The molecule has 0 saturated carbocycles. The maximum atomic E-state index is 13.7. The van der Waals surface area contributed by atoms with Crippen LogP contribution in [0, 0.1) is 5.82 Å². The number of alkyl halides is 2. The summed E-state index contributed by atoms with van der Waals surface area (Å²) in [5.41, 5.74) is 0.552. The van der Waals surface area contributed by atoms with Crippen LogP contribution in [0.25, 0.3) is 0 Å². The van der Waals surface area contributed by atoms with Crippen molar-refractivity contribution in [1.29, 1.82) is 0 Å². The second-order valence-corrected chi connectivity index (χ2v) is 4.28. The minimum Gasteiger partial charge on any atom is -0.375 e. The van der Waals surface area contributed by atoms with E-state index in [4.69, 9.17) is 4.74 Å². The predicted octanol–water partition coefficient (Wildman–Crippen LogP) is 3.54. The van der Waals surface area contributed by atoms with Crippen molar-refractivity contribution in [2.45, 2.75) is 32.2 Å². The van der Waals surface area contributed by atoms with Crippen molar-refractivity contribution in [2.24, 2.45) is 0 Å². The molecule has 1 aromatic carbocycles. The largest absolute Gasteiger partial charge is 0.375 e. The third-order valence-corrected chi connectivity index (χ3v) is 2.72. The normalized spacial score (nSPS) is 12.9. The average molecular weight is 275 g/mol. The van der Waals surface area contributed by atoms with Gasteiger partial charge in [0.1, 0.15) is 12.4 Å². The highest BCUT2D eigenvalue weighted by Gasteiger charge is 2.14. The Morgan fingerprint density at radius 2 is 2.00 bits per heavy atom. The fourth-order valence-electron chi connectivity index (χ4n) is 1.82. The molecule has 1 N–H and O–H groups in total. The number of hydrogen-bond donors (Lipinski definition) is 1. The van der Waals surface area contributed by atoms with Crippen LogP contribution in [0.3, 0.4) is 0 Å². The van der Waals surface area contributed by atoms with Crippen molar-refractivity contribution in [3.8, 4) is 0 Å². The lowest BCUT2D eigenvalue weighted by molar-refractivity contribution is 0.0143. The molecule has 0 heterocycles. The van der Waals surface area contributed by atoms with Crippen molar-refractivity contribution >= 4 is 0 Å². The Morgan fingerprint density at radius 1 is 1.26 bits per heavy atom. The summed E-state index contributed by atoms with van der Waals surface area (Å²) in [5, 5.41) is 3.21. The molecule has 0 amide bonds. The van der Waals surface area contributed by atoms with Crippen LogP contribution in [-0.2, 0) is 4.74 Å². The van der Waals surface area contributed by atoms with Gasteiger partial charge in [0, 0.05) is 18.2 Å². The number of nitrogens with one attached hydrogen (secondary N) is 1. The average Bonchev–Trinajstić information content (AvgIpc) is 2.39. The van der Waals surface area contributed by atoms with E-state index in [9.17, 15) is 13.2 Å². The lowest BCUT2D eigenvalue weighted by Crippen LogP contribution is -2.24. The molecule has 1 rings (SSSR count). The van der Waals surface area contributed by atoms with Crippen LogP contribution in [0.1, 0.15) is 31.4 Å². The van der Waals surface area contributed by atoms with Crippen molar-refractivity contribution in [1.82, 2.24) is 5.32 Å². The fourth-order valence-corrected chi connectivity index (χ4v) is 1.82. The van der Waals surface area contributed by atoms with Crippen molar-refractivity contribution in [3.05, 3.63) is 35.6 Å². The molecule has 0 radical (unpaired) electrons. The van der Waals surface area contributed by atoms with Crippen LogP contribution in [0.15, 0.2) is 24.3 Å². The molecule has 0 spiro atoms. The molecule has 0 saturated heterocycles. The molecule has 108 valence electrons. The van der Waals surface area contributed by atoms with Crippen LogP contribution < -0.4 is 5.32 Å². The second kappa shape index (κ2) is 8.93. The van der Waals surface area contributed by atoms with Gasteiger partial charge in [-0.3, -0.25) is 0 Å². The topological polar surface area (TPSA) is 21.3 Å². The summed E-state index contributed by atoms with van der Waals surface area (Å²) in [7, 11) is 0. The Bertz CT molecular complexity index is 360. The van der Waals surface area contributed by atoms with Gasteiger partial charge in [-0.05, 0) is 25.5 Å². The van der Waals surface area contributed by atoms with Crippen LogP contribution in [0.5, 0.6) is 0 Å². The molecule has 0 aromatic heterocycles. The van der Waals surface area contributed by atoms with Crippen molar-refractivity contribution in [3.63, 3.8) is 0 Å². The Morgan fingerprint density at radius 3 is 2.63 bits per heavy atom. The lowest BCUT2D eigenvalue weighted by Gasteiger charge is -2.19. The van der Waals surface area contributed by atoms with Crippen LogP contribution in [-0.4, -0.2) is 26.2 Å². The van der Waals surface area contributed by atoms with Gasteiger partial charge in [-0.15, -0.1) is 0 Å². The second-order valence-electron chi connectivity index (χ2n) is 4.28. The highest BCUT2D eigenvalue weighted by Crippen LogP contribution is 2.20. The molecular weight excluding hydrogens is 255 g/mol. The first kappa shape index (κ1) is 16.0. The highest BCUT2D eigenvalue weighted by atomic mass is 19.3. The Hall–Kier alpha value is -1.07. The van der Waals surface area contributed by atoms with Gasteiger partial charge in [0.15, 0.2) is 0 Å². The van der Waals surface area contributed by atoms with Gasteiger partial charge in [-0.2, -0.15) is 0 Å². The zero-order valence-electron chi connectivity index (χ0n) is 11.0. The third kappa shape index (κ3) is 6.07. The van der Waals surface area contributed by atoms with Gasteiger partial charge in [0.2, 0.25) is 0 Å². The van der Waals surface area contributed by atoms with Gasteiger partial charge in [-0.25, -0.2) is 13.2 Å². The molecule has 1 atom stereocenters. The molecule has 1 aromatic rings. The number of ether oxygens (including phenoxy) is 1. The third-order valence-electron chi connectivity index (χ3n) is 2.72. The molecule has 1 unspecified atom stereocenters. The first-order valence-electron chi connectivity index (χ1n) is 6.48. The SMILES string of the molecule is CCCNC(CCOCC(F)F)c1ccccc1F. The first-order valence-corrected chi connectivity index (χ1v) is 6.48. The summed E-state index contributed by atoms with van der Waals surface area (Å²) in [4.78, 5) is 0. The Balaban J connectivity index is 2.54. The molecule has 19 heavy (non-hydrogen) atoms.